The minimum Gasteiger partial charge on any atom is -0.489 e. The molecule has 5 heterocycles. The summed E-state index contributed by atoms with van der Waals surface area (Å²) in [5.74, 6) is 0.553. The minimum absolute atomic E-state index is 0.00721. The van der Waals surface area contributed by atoms with E-state index in [1.165, 1.54) is 11.6 Å². The molecule has 0 N–H and O–H groups in total. The van der Waals surface area contributed by atoms with E-state index in [-0.39, 0.29) is 17.3 Å². The summed E-state index contributed by atoms with van der Waals surface area (Å²) in [4.78, 5) is 11.6. The fraction of sp³-hybridized carbons (Fsp3) is 0.425. The van der Waals surface area contributed by atoms with Crippen molar-refractivity contribution < 1.29 is 37.3 Å². The Kier molecular flexibility index (Phi) is 8.71. The van der Waals surface area contributed by atoms with E-state index in [1.807, 2.05) is 56.3 Å². The van der Waals surface area contributed by atoms with Crippen LogP contribution in [0.2, 0.25) is 0 Å². The summed E-state index contributed by atoms with van der Waals surface area (Å²) in [5, 5.41) is 1.73. The number of furan rings is 1. The van der Waals surface area contributed by atoms with Crippen LogP contribution in [0.25, 0.3) is 28.0 Å². The maximum atomic E-state index is 11.6. The molecule has 3 aliphatic rings. The first-order valence-electron chi connectivity index (χ1n) is 17.0. The van der Waals surface area contributed by atoms with Crippen LogP contribution in [0.1, 0.15) is 72.8 Å². The first-order chi connectivity index (χ1) is 23.4. The van der Waals surface area contributed by atoms with Crippen molar-refractivity contribution in [3.05, 3.63) is 94.1 Å². The number of allylic oxidation sites excluding steroid dienone is 2. The Morgan fingerprint density at radius 1 is 0.837 bits per heavy atom. The molecule has 258 valence electrons. The number of rotatable bonds is 12. The van der Waals surface area contributed by atoms with Gasteiger partial charge in [0, 0.05) is 29.7 Å². The molecule has 9 heteroatoms. The van der Waals surface area contributed by atoms with Crippen molar-refractivity contribution >= 4 is 28.0 Å². The van der Waals surface area contributed by atoms with Gasteiger partial charge in [0.2, 0.25) is 0 Å². The van der Waals surface area contributed by atoms with E-state index in [0.717, 1.165) is 47.6 Å². The quantitative estimate of drug-likeness (QED) is 0.0832. The topological polar surface area (TPSA) is 102 Å². The van der Waals surface area contributed by atoms with Crippen molar-refractivity contribution in [1.29, 1.82) is 0 Å². The number of fused-ring (bicyclic) bond motifs is 3. The van der Waals surface area contributed by atoms with Crippen molar-refractivity contribution in [3.63, 3.8) is 0 Å². The van der Waals surface area contributed by atoms with Crippen LogP contribution in [0.5, 0.6) is 17.2 Å². The van der Waals surface area contributed by atoms with Gasteiger partial charge in [-0.05, 0) is 110 Å². The maximum Gasteiger partial charge on any atom is 0.350 e. The molecule has 0 bridgehead atoms. The van der Waals surface area contributed by atoms with Crippen LogP contribution in [0.15, 0.2) is 91.7 Å². The van der Waals surface area contributed by atoms with E-state index in [1.54, 1.807) is 18.4 Å². The summed E-state index contributed by atoms with van der Waals surface area (Å²) in [6, 6.07) is 12.4. The summed E-state index contributed by atoms with van der Waals surface area (Å²) < 4.78 is 48.5. The highest BCUT2D eigenvalue weighted by molar-refractivity contribution is 5.91. The van der Waals surface area contributed by atoms with Crippen LogP contribution in [0.3, 0.4) is 0 Å². The predicted octanol–water partition coefficient (Wildman–Crippen LogP) is 8.88. The van der Waals surface area contributed by atoms with Crippen molar-refractivity contribution in [2.24, 2.45) is 0 Å². The second-order valence-corrected chi connectivity index (χ2v) is 14.3. The molecule has 2 aromatic carbocycles. The zero-order valence-electron chi connectivity index (χ0n) is 29.0. The SMILES string of the molecule is C/C(=C\COc1c2c(cc3occc13)O[C@]1(C=C2)O[C@H](CC/C(C)=C/COc2ccc3ccc(=O)oc3c2)C(C)(C)O1)CCC1OC1(C)C. The van der Waals surface area contributed by atoms with Gasteiger partial charge in [-0.2, -0.15) is 0 Å². The van der Waals surface area contributed by atoms with Crippen LogP contribution in [0, 0.1) is 0 Å². The molecule has 2 aromatic heterocycles. The van der Waals surface area contributed by atoms with Gasteiger partial charge in [-0.3, -0.25) is 0 Å². The number of epoxide rings is 1. The van der Waals surface area contributed by atoms with E-state index in [2.05, 4.69) is 33.8 Å². The highest BCUT2D eigenvalue weighted by Gasteiger charge is 2.54. The van der Waals surface area contributed by atoms with Gasteiger partial charge in [0.05, 0.1) is 40.6 Å². The molecule has 2 saturated heterocycles. The number of hydrogen-bond donors (Lipinski definition) is 0. The van der Waals surface area contributed by atoms with Gasteiger partial charge < -0.3 is 37.3 Å². The Morgan fingerprint density at radius 3 is 2.27 bits per heavy atom. The molecule has 2 fully saturated rings. The van der Waals surface area contributed by atoms with Crippen molar-refractivity contribution in [1.82, 2.24) is 0 Å². The maximum absolute atomic E-state index is 11.6. The van der Waals surface area contributed by atoms with Crippen LogP contribution < -0.4 is 19.8 Å². The molecule has 1 unspecified atom stereocenters. The smallest absolute Gasteiger partial charge is 0.350 e. The normalized spacial score (nSPS) is 24.0. The second kappa shape index (κ2) is 12.9. The predicted molar refractivity (Wildman–Crippen MR) is 187 cm³/mol. The molecule has 9 nitrogen and oxygen atoms in total. The summed E-state index contributed by atoms with van der Waals surface area (Å²) in [5.41, 5.74) is 3.43. The molecular weight excluding hydrogens is 624 g/mol. The fourth-order valence-corrected chi connectivity index (χ4v) is 6.50. The molecule has 0 radical (unpaired) electrons. The minimum atomic E-state index is -1.36. The molecular formula is C40H44O9. The third-order valence-corrected chi connectivity index (χ3v) is 9.61. The third-order valence-electron chi connectivity index (χ3n) is 9.61. The van der Waals surface area contributed by atoms with E-state index in [0.29, 0.717) is 47.7 Å². The van der Waals surface area contributed by atoms with Crippen LogP contribution >= 0.6 is 0 Å². The van der Waals surface area contributed by atoms with Crippen molar-refractivity contribution in [2.75, 3.05) is 13.2 Å². The van der Waals surface area contributed by atoms with E-state index < -0.39 is 11.6 Å². The Hall–Kier alpha value is -4.31. The number of hydrogen-bond acceptors (Lipinski definition) is 9. The highest BCUT2D eigenvalue weighted by atomic mass is 16.9. The Balaban J connectivity index is 0.974. The molecule has 4 aromatic rings. The Labute approximate surface area is 286 Å². The van der Waals surface area contributed by atoms with Gasteiger partial charge in [0.1, 0.15) is 41.6 Å². The first kappa shape index (κ1) is 33.2. The standard InChI is InChI=1S/C40H44O9/c1-25(16-20-42-28-11-9-27-10-14-36(41)45-31(27)23-28)8-13-35-39(5,6)49-40(48-35)19-15-29-33(46-40)24-32-30(18-22-43-32)37(29)44-21-17-26(2)7-12-34-38(3,4)47-34/h9-11,14-19,22-24,34-35H,7-8,12-13,20-21H2,1-6H3/b25-16+,26-17+/t34?,35-,40-/m1/s1. The molecule has 0 saturated carbocycles. The van der Waals surface area contributed by atoms with Crippen LogP contribution in [-0.4, -0.2) is 42.6 Å². The molecule has 3 aliphatic heterocycles. The average Bonchev–Trinajstić information content (AvgIpc) is 3.31. The van der Waals surface area contributed by atoms with Crippen LogP contribution in [0.4, 0.5) is 0 Å². The van der Waals surface area contributed by atoms with Gasteiger partial charge in [-0.1, -0.05) is 11.1 Å². The largest absolute Gasteiger partial charge is 0.489 e. The van der Waals surface area contributed by atoms with E-state index in [9.17, 15) is 4.79 Å². The molecule has 7 rings (SSSR count). The summed E-state index contributed by atoms with van der Waals surface area (Å²) in [7, 11) is 0. The van der Waals surface area contributed by atoms with Crippen molar-refractivity contribution in [2.45, 2.75) is 96.6 Å². The lowest BCUT2D eigenvalue weighted by atomic mass is 9.96. The lowest BCUT2D eigenvalue weighted by molar-refractivity contribution is -0.270. The van der Waals surface area contributed by atoms with Gasteiger partial charge in [-0.15, -0.1) is 0 Å². The monoisotopic (exact) mass is 668 g/mol. The van der Waals surface area contributed by atoms with Crippen LogP contribution in [-0.2, 0) is 14.2 Å². The lowest BCUT2D eigenvalue weighted by Crippen LogP contribution is -2.38. The average molecular weight is 669 g/mol. The second-order valence-electron chi connectivity index (χ2n) is 14.3. The third kappa shape index (κ3) is 7.20. The fourth-order valence-electron chi connectivity index (χ4n) is 6.50. The molecule has 49 heavy (non-hydrogen) atoms. The Morgan fingerprint density at radius 2 is 1.53 bits per heavy atom. The van der Waals surface area contributed by atoms with Gasteiger partial charge in [-0.25, -0.2) is 4.79 Å². The summed E-state index contributed by atoms with van der Waals surface area (Å²) >= 11 is 0. The van der Waals surface area contributed by atoms with Crippen molar-refractivity contribution in [3.8, 4) is 17.2 Å². The van der Waals surface area contributed by atoms with Gasteiger partial charge >= 0.3 is 11.6 Å². The molecule has 0 amide bonds. The molecule has 0 aliphatic carbocycles. The van der Waals surface area contributed by atoms with E-state index >= 15 is 0 Å². The highest BCUT2D eigenvalue weighted by Crippen LogP contribution is 2.48. The Bertz CT molecular complexity index is 2010. The summed E-state index contributed by atoms with van der Waals surface area (Å²) in [6.07, 6.45) is 13.2. The van der Waals surface area contributed by atoms with E-state index in [4.69, 9.17) is 37.3 Å². The zero-order chi connectivity index (χ0) is 34.4. The first-order valence-corrected chi connectivity index (χ1v) is 17.0. The zero-order valence-corrected chi connectivity index (χ0v) is 29.0. The summed E-state index contributed by atoms with van der Waals surface area (Å²) in [6.45, 7) is 13.3. The van der Waals surface area contributed by atoms with Gasteiger partial charge in [0.25, 0.3) is 0 Å². The molecule has 1 spiro atoms. The number of benzene rings is 2. The number of ether oxygens (including phenoxy) is 6. The molecule has 3 atom stereocenters. The van der Waals surface area contributed by atoms with Gasteiger partial charge in [0.15, 0.2) is 0 Å². The lowest BCUT2D eigenvalue weighted by Gasteiger charge is -2.30.